The highest BCUT2D eigenvalue weighted by Gasteiger charge is 2.52. The molecular weight excluding hydrogens is 1030 g/mol. The van der Waals surface area contributed by atoms with Gasteiger partial charge in [0.2, 0.25) is 11.8 Å². The van der Waals surface area contributed by atoms with Gasteiger partial charge >= 0.3 is 12.1 Å². The fraction of sp³-hybridized carbons (Fsp3) is 0.517. The third kappa shape index (κ3) is 9.12. The maximum Gasteiger partial charge on any atom is 0.409 e. The van der Waals surface area contributed by atoms with Gasteiger partial charge in [0, 0.05) is 92.7 Å². The lowest BCUT2D eigenvalue weighted by molar-refractivity contribution is -0.134. The van der Waals surface area contributed by atoms with Gasteiger partial charge in [-0.3, -0.25) is 24.5 Å². The van der Waals surface area contributed by atoms with Gasteiger partial charge in [0.05, 0.1) is 52.0 Å². The molecule has 20 heteroatoms. The van der Waals surface area contributed by atoms with Gasteiger partial charge in [-0.15, -0.1) is 6.42 Å². The minimum absolute atomic E-state index is 0.0246. The van der Waals surface area contributed by atoms with Crippen LogP contribution in [0.15, 0.2) is 48.5 Å². The maximum absolute atomic E-state index is 17.5. The average molecular weight is 1100 g/mol. The molecule has 80 heavy (non-hydrogen) atoms. The predicted octanol–water partition coefficient (Wildman–Crippen LogP) is 8.83. The number of aromatic nitrogens is 5. The van der Waals surface area contributed by atoms with Gasteiger partial charge in [-0.1, -0.05) is 30.2 Å². The molecule has 10 heterocycles. The molecule has 1 N–H and O–H groups in total. The first-order valence-electron chi connectivity index (χ1n) is 28.5. The van der Waals surface area contributed by atoms with E-state index >= 15 is 17.6 Å². The van der Waals surface area contributed by atoms with Gasteiger partial charge in [0.15, 0.2) is 5.82 Å². The number of halogens is 4. The first kappa shape index (κ1) is 52.3. The Balaban J connectivity index is 0.646. The molecule has 3 amide bonds. The number of hydrogen-bond donors (Lipinski definition) is 1. The summed E-state index contributed by atoms with van der Waals surface area (Å²) in [4.78, 5) is 61.1. The van der Waals surface area contributed by atoms with Crippen LogP contribution in [0.2, 0.25) is 0 Å². The highest BCUT2D eigenvalue weighted by atomic mass is 19.3. The van der Waals surface area contributed by atoms with Crippen LogP contribution in [0.5, 0.6) is 6.01 Å². The molecule has 7 aliphatic rings. The van der Waals surface area contributed by atoms with E-state index in [1.54, 1.807) is 27.8 Å². The van der Waals surface area contributed by atoms with Crippen LogP contribution in [0.25, 0.3) is 43.8 Å². The van der Waals surface area contributed by atoms with Gasteiger partial charge in [0.25, 0.3) is 5.92 Å². The summed E-state index contributed by atoms with van der Waals surface area (Å²) in [6, 6.07) is 14.0. The molecule has 1 unspecified atom stereocenters. The second kappa shape index (κ2) is 20.8. The average Bonchev–Trinajstić information content (AvgIpc) is 4.21. The number of ether oxygens (including phenoxy) is 3. The summed E-state index contributed by atoms with van der Waals surface area (Å²) < 4.78 is 85.7. The van der Waals surface area contributed by atoms with Crippen molar-refractivity contribution in [2.75, 3.05) is 75.5 Å². The van der Waals surface area contributed by atoms with Crippen molar-refractivity contribution in [2.45, 2.75) is 113 Å². The van der Waals surface area contributed by atoms with Crippen molar-refractivity contribution in [1.82, 2.24) is 39.8 Å². The van der Waals surface area contributed by atoms with E-state index in [1.165, 1.54) is 6.07 Å². The molecule has 0 aliphatic carbocycles. The number of anilines is 2. The van der Waals surface area contributed by atoms with Crippen LogP contribution >= 0.6 is 0 Å². The number of aryl methyl sites for hydroxylation is 2. The summed E-state index contributed by atoms with van der Waals surface area (Å²) in [6.45, 7) is 4.21. The number of rotatable bonds is 10. The zero-order valence-electron chi connectivity index (χ0n) is 44.8. The Morgan fingerprint density at radius 2 is 1.71 bits per heavy atom. The van der Waals surface area contributed by atoms with Crippen molar-refractivity contribution in [1.29, 1.82) is 0 Å². The van der Waals surface area contributed by atoms with Crippen LogP contribution in [0.3, 0.4) is 0 Å². The Kier molecular flexibility index (Phi) is 13.6. The maximum atomic E-state index is 17.5. The lowest BCUT2D eigenvalue weighted by Gasteiger charge is -2.42. The third-order valence-corrected chi connectivity index (χ3v) is 18.7. The number of amides is 3. The molecule has 13 rings (SSSR count). The number of nitrogens with zero attached hydrogens (tertiary/aromatic N) is 9. The Bertz CT molecular complexity index is 3500. The molecule has 0 radical (unpaired) electrons. The van der Waals surface area contributed by atoms with Crippen molar-refractivity contribution in [3.05, 3.63) is 77.1 Å². The number of piperidine rings is 3. The van der Waals surface area contributed by atoms with Crippen molar-refractivity contribution in [3.8, 4) is 29.6 Å². The van der Waals surface area contributed by atoms with Gasteiger partial charge in [0.1, 0.15) is 36.1 Å². The molecule has 3 aromatic carbocycles. The number of pyridine rings is 1. The van der Waals surface area contributed by atoms with Crippen LogP contribution < -0.4 is 19.9 Å². The molecule has 16 nitrogen and oxygen atoms in total. The van der Waals surface area contributed by atoms with Crippen molar-refractivity contribution in [3.63, 3.8) is 0 Å². The van der Waals surface area contributed by atoms with E-state index in [2.05, 4.69) is 31.0 Å². The van der Waals surface area contributed by atoms with Crippen LogP contribution in [-0.4, -0.2) is 142 Å². The first-order chi connectivity index (χ1) is 38.8. The first-order valence-corrected chi connectivity index (χ1v) is 28.5. The second-order valence-corrected chi connectivity index (χ2v) is 23.0. The minimum Gasteiger partial charge on any atom is -0.461 e. The highest BCUT2D eigenvalue weighted by Crippen LogP contribution is 2.47. The SMILES string of the molecule is C#Cc1c(F)ccc2cccc(-c3nc4c5c(nc(OC[C@@]67CCCN6[C@H](COC(=O)N6CCC(C(F)(F)C8CCN(c9ccc%10c(C%11CCC(=O)NC%11=O)nn(C)c%10c9)CC8)CC6)CC7)nc5c3F)N3CCCOC[C@@H]3CC4)c12. The molecule has 0 spiro atoms. The molecule has 6 saturated heterocycles. The molecule has 0 bridgehead atoms. The zero-order valence-corrected chi connectivity index (χ0v) is 44.8. The number of hydrogen-bond acceptors (Lipinski definition) is 13. The number of terminal acetylenes is 1. The highest BCUT2D eigenvalue weighted by molar-refractivity contribution is 6.04. The number of benzene rings is 3. The Labute approximate surface area is 460 Å². The molecular formula is C60H64F4N10O6. The largest absolute Gasteiger partial charge is 0.461 e. The van der Waals surface area contributed by atoms with Crippen LogP contribution in [-0.2, 0) is 32.5 Å². The summed E-state index contributed by atoms with van der Waals surface area (Å²) in [5.41, 5.74) is 3.10. The van der Waals surface area contributed by atoms with E-state index in [4.69, 9.17) is 35.6 Å². The monoisotopic (exact) mass is 1100 g/mol. The van der Waals surface area contributed by atoms with E-state index in [-0.39, 0.29) is 92.2 Å². The van der Waals surface area contributed by atoms with E-state index < -0.39 is 46.9 Å². The minimum atomic E-state index is -2.89. The molecule has 418 valence electrons. The van der Waals surface area contributed by atoms with Crippen molar-refractivity contribution < 1.29 is 46.2 Å². The second-order valence-electron chi connectivity index (χ2n) is 23.0. The number of fused-ring (bicyclic) bond motifs is 5. The predicted molar refractivity (Wildman–Crippen MR) is 292 cm³/mol. The Morgan fingerprint density at radius 3 is 2.51 bits per heavy atom. The zero-order chi connectivity index (χ0) is 55.0. The van der Waals surface area contributed by atoms with Gasteiger partial charge in [-0.05, 0) is 113 Å². The smallest absolute Gasteiger partial charge is 0.409 e. The van der Waals surface area contributed by atoms with Crippen molar-refractivity contribution >= 4 is 62.0 Å². The standard InChI is InChI=1S/C60H64F4N10O6/c1-3-41-45(61)14-9-35-7-4-8-43(49(35)41)53-51(62)54-50-46(65-53)15-11-39-32-78-30-6-24-73(39)55(50)68-57(67-54)80-34-59-22-5-25-74(59)40(17-23-59)33-79-58(77)72-28-20-37(21-29-72)60(63,64)36-18-26-71(27-19-36)38-10-12-42-47(31-38)70(2)69-52(42)44-13-16-48(75)66-56(44)76/h1,4,7-10,12,14,31,36-37,39-40,44H,5-6,11,13,15-30,32-34H2,2H3,(H,66,75,76)/t39-,40-,44?,59-/m0/s1. The van der Waals surface area contributed by atoms with E-state index in [9.17, 15) is 14.4 Å². The summed E-state index contributed by atoms with van der Waals surface area (Å²) in [5, 5.41) is 9.48. The lowest BCUT2D eigenvalue weighted by atomic mass is 9.79. The number of likely N-dealkylation sites (tertiary alicyclic amines) is 1. The fourth-order valence-electron chi connectivity index (χ4n) is 14.4. The van der Waals surface area contributed by atoms with E-state index in [0.717, 1.165) is 55.2 Å². The van der Waals surface area contributed by atoms with Crippen LogP contribution in [0.1, 0.15) is 99.9 Å². The van der Waals surface area contributed by atoms with Gasteiger partial charge in [-0.25, -0.2) is 27.3 Å². The molecule has 0 saturated carbocycles. The normalized spacial score (nSPS) is 24.2. The number of alkyl halides is 2. The Hall–Kier alpha value is -7.11. The lowest BCUT2D eigenvalue weighted by Crippen LogP contribution is -2.50. The summed E-state index contributed by atoms with van der Waals surface area (Å²) in [6.07, 6.45) is 12.3. The van der Waals surface area contributed by atoms with Crippen molar-refractivity contribution in [2.24, 2.45) is 18.9 Å². The van der Waals surface area contributed by atoms with Crippen LogP contribution in [0, 0.1) is 35.8 Å². The molecule has 6 aromatic rings. The number of nitrogens with one attached hydrogen (secondary N) is 1. The quantitative estimate of drug-likeness (QED) is 0.0789. The topological polar surface area (TPSA) is 160 Å². The summed E-state index contributed by atoms with van der Waals surface area (Å²) >= 11 is 0. The summed E-state index contributed by atoms with van der Waals surface area (Å²) in [5.74, 6) is -3.88. The molecule has 3 aromatic heterocycles. The molecule has 4 atom stereocenters. The number of carbonyl (C=O) groups is 3. The molecule has 6 fully saturated rings. The molecule has 7 aliphatic heterocycles. The number of imide groups is 1. The number of carbonyl (C=O) groups excluding carboxylic acids is 3. The van der Waals surface area contributed by atoms with Crippen LogP contribution in [0.4, 0.5) is 33.9 Å². The third-order valence-electron chi connectivity index (χ3n) is 18.7. The van der Waals surface area contributed by atoms with Gasteiger partial charge < -0.3 is 28.9 Å². The summed E-state index contributed by atoms with van der Waals surface area (Å²) in [7, 11) is 1.82. The van der Waals surface area contributed by atoms with E-state index in [1.807, 2.05) is 31.3 Å². The van der Waals surface area contributed by atoms with E-state index in [0.29, 0.717) is 104 Å². The Morgan fingerprint density at radius 1 is 0.900 bits per heavy atom. The van der Waals surface area contributed by atoms with Gasteiger partial charge in [-0.2, -0.15) is 15.1 Å². The fourth-order valence-corrected chi connectivity index (χ4v) is 14.4.